The second kappa shape index (κ2) is 9.20. The van der Waals surface area contributed by atoms with Gasteiger partial charge in [0.05, 0.1) is 17.8 Å². The van der Waals surface area contributed by atoms with Crippen molar-refractivity contribution in [3.8, 4) is 11.5 Å². The highest BCUT2D eigenvalue weighted by molar-refractivity contribution is 7.08. The second-order valence-corrected chi connectivity index (χ2v) is 8.89. The Hall–Kier alpha value is -2.71. The zero-order valence-corrected chi connectivity index (χ0v) is 18.8. The molecule has 1 N–H and O–H groups in total. The van der Waals surface area contributed by atoms with Gasteiger partial charge in [-0.1, -0.05) is 0 Å². The SMILES string of the molecule is Cc1oc(-c2ccsc2)nc1CC(=O)Nc1ccc(N2CCC(N(C)C)CC2)c(F)c1. The molecule has 31 heavy (non-hydrogen) atoms. The maximum absolute atomic E-state index is 14.8. The smallest absolute Gasteiger partial charge is 0.230 e. The molecule has 2 aromatic heterocycles. The van der Waals surface area contributed by atoms with Crippen molar-refractivity contribution in [3.05, 3.63) is 52.3 Å². The summed E-state index contributed by atoms with van der Waals surface area (Å²) in [6.45, 7) is 3.44. The molecule has 1 fully saturated rings. The van der Waals surface area contributed by atoms with Crippen LogP contribution >= 0.6 is 11.3 Å². The number of carbonyl (C=O) groups excluding carboxylic acids is 1. The van der Waals surface area contributed by atoms with Gasteiger partial charge in [-0.15, -0.1) is 0 Å². The lowest BCUT2D eigenvalue weighted by Gasteiger charge is -2.36. The molecule has 1 amide bonds. The predicted octanol–water partition coefficient (Wildman–Crippen LogP) is 4.56. The molecule has 3 aromatic rings. The first-order valence-corrected chi connectivity index (χ1v) is 11.3. The summed E-state index contributed by atoms with van der Waals surface area (Å²) in [7, 11) is 4.17. The van der Waals surface area contributed by atoms with E-state index in [9.17, 15) is 9.18 Å². The first-order chi connectivity index (χ1) is 14.9. The van der Waals surface area contributed by atoms with Crippen LogP contribution < -0.4 is 10.2 Å². The Morgan fingerprint density at radius 2 is 2.10 bits per heavy atom. The number of oxazole rings is 1. The zero-order chi connectivity index (χ0) is 22.0. The third kappa shape index (κ3) is 4.97. The number of benzene rings is 1. The first kappa shape index (κ1) is 21.5. The van der Waals surface area contributed by atoms with E-state index in [-0.39, 0.29) is 18.1 Å². The molecule has 164 valence electrons. The Kier molecular flexibility index (Phi) is 6.38. The van der Waals surface area contributed by atoms with Crippen molar-refractivity contribution in [2.45, 2.75) is 32.2 Å². The third-order valence-electron chi connectivity index (χ3n) is 5.76. The van der Waals surface area contributed by atoms with Crippen LogP contribution in [0.5, 0.6) is 0 Å². The molecule has 0 saturated carbocycles. The normalized spacial score (nSPS) is 14.9. The number of rotatable bonds is 6. The van der Waals surface area contributed by atoms with Crippen LogP contribution in [0.2, 0.25) is 0 Å². The molecule has 6 nitrogen and oxygen atoms in total. The van der Waals surface area contributed by atoms with Crippen molar-refractivity contribution in [3.63, 3.8) is 0 Å². The number of hydrogen-bond acceptors (Lipinski definition) is 6. The van der Waals surface area contributed by atoms with Crippen LogP contribution in [0.15, 0.2) is 39.4 Å². The molecule has 1 saturated heterocycles. The highest BCUT2D eigenvalue weighted by Crippen LogP contribution is 2.27. The van der Waals surface area contributed by atoms with Crippen LogP contribution in [0, 0.1) is 12.7 Å². The fraction of sp³-hybridized carbons (Fsp3) is 0.391. The number of nitrogens with zero attached hydrogens (tertiary/aromatic N) is 3. The van der Waals surface area contributed by atoms with Crippen molar-refractivity contribution in [2.75, 3.05) is 37.4 Å². The number of thiophene rings is 1. The Bertz CT molecular complexity index is 1040. The Labute approximate surface area is 185 Å². The van der Waals surface area contributed by atoms with Gasteiger partial charge in [0.1, 0.15) is 11.6 Å². The van der Waals surface area contributed by atoms with E-state index in [1.54, 1.807) is 30.4 Å². The first-order valence-electron chi connectivity index (χ1n) is 10.4. The number of halogens is 1. The summed E-state index contributed by atoms with van der Waals surface area (Å²) in [6.07, 6.45) is 2.09. The summed E-state index contributed by atoms with van der Waals surface area (Å²) in [5.74, 6) is 0.541. The van der Waals surface area contributed by atoms with Crippen molar-refractivity contribution in [1.29, 1.82) is 0 Å². The number of anilines is 2. The van der Waals surface area contributed by atoms with Crippen LogP contribution in [0.4, 0.5) is 15.8 Å². The van der Waals surface area contributed by atoms with Crippen LogP contribution in [0.3, 0.4) is 0 Å². The van der Waals surface area contributed by atoms with Gasteiger partial charge < -0.3 is 19.5 Å². The van der Waals surface area contributed by atoms with Gasteiger partial charge in [0.2, 0.25) is 11.8 Å². The Morgan fingerprint density at radius 3 is 2.74 bits per heavy atom. The summed E-state index contributed by atoms with van der Waals surface area (Å²) in [6, 6.07) is 7.35. The number of amides is 1. The maximum Gasteiger partial charge on any atom is 0.230 e. The minimum atomic E-state index is -0.321. The summed E-state index contributed by atoms with van der Waals surface area (Å²) in [5, 5.41) is 6.67. The fourth-order valence-electron chi connectivity index (χ4n) is 3.92. The molecule has 0 spiro atoms. The van der Waals surface area contributed by atoms with Crippen molar-refractivity contribution in [2.24, 2.45) is 0 Å². The van der Waals surface area contributed by atoms with E-state index in [1.807, 2.05) is 16.8 Å². The predicted molar refractivity (Wildman–Crippen MR) is 122 cm³/mol. The molecule has 3 heterocycles. The molecule has 0 aliphatic carbocycles. The monoisotopic (exact) mass is 442 g/mol. The second-order valence-electron chi connectivity index (χ2n) is 8.11. The maximum atomic E-state index is 14.8. The van der Waals surface area contributed by atoms with Crippen molar-refractivity contribution >= 4 is 28.6 Å². The quantitative estimate of drug-likeness (QED) is 0.606. The minimum Gasteiger partial charge on any atom is -0.441 e. The van der Waals surface area contributed by atoms with Crippen molar-refractivity contribution in [1.82, 2.24) is 9.88 Å². The average molecular weight is 443 g/mol. The van der Waals surface area contributed by atoms with Gasteiger partial charge in [0.25, 0.3) is 0 Å². The molecule has 1 aromatic carbocycles. The molecule has 4 rings (SSSR count). The minimum absolute atomic E-state index is 0.0703. The molecule has 0 unspecified atom stereocenters. The standard InChI is InChI=1S/C23H27FN4O2S/c1-15-20(26-23(30-15)16-8-11-31-14-16)13-22(29)25-17-4-5-21(19(24)12-17)28-9-6-18(7-10-28)27(2)3/h4-5,8,11-12,14,18H,6-7,9-10,13H2,1-3H3,(H,25,29). The van der Waals surface area contributed by atoms with Crippen LogP contribution in [-0.4, -0.2) is 49.0 Å². The molecular formula is C23H27FN4O2S. The fourth-order valence-corrected chi connectivity index (χ4v) is 4.55. The van der Waals surface area contributed by atoms with Crippen LogP contribution in [0.25, 0.3) is 11.5 Å². The molecule has 8 heteroatoms. The lowest BCUT2D eigenvalue weighted by Crippen LogP contribution is -2.42. The van der Waals surface area contributed by atoms with E-state index in [2.05, 4.69) is 34.2 Å². The van der Waals surface area contributed by atoms with E-state index in [0.29, 0.717) is 34.8 Å². The van der Waals surface area contributed by atoms with E-state index < -0.39 is 0 Å². The number of nitrogens with one attached hydrogen (secondary N) is 1. The van der Waals surface area contributed by atoms with E-state index in [1.165, 1.54) is 6.07 Å². The van der Waals surface area contributed by atoms with Gasteiger partial charge in [0, 0.05) is 35.8 Å². The van der Waals surface area contributed by atoms with Gasteiger partial charge >= 0.3 is 0 Å². The van der Waals surface area contributed by atoms with Gasteiger partial charge in [0.15, 0.2) is 0 Å². The molecule has 0 atom stereocenters. The van der Waals surface area contributed by atoms with E-state index >= 15 is 0 Å². The third-order valence-corrected chi connectivity index (χ3v) is 6.44. The lowest BCUT2D eigenvalue weighted by molar-refractivity contribution is -0.115. The average Bonchev–Trinajstić information content (AvgIpc) is 3.38. The lowest BCUT2D eigenvalue weighted by atomic mass is 10.0. The van der Waals surface area contributed by atoms with Gasteiger partial charge in [-0.05, 0) is 63.5 Å². The molecule has 1 aliphatic rings. The number of aryl methyl sites for hydroxylation is 1. The molecule has 0 radical (unpaired) electrons. The number of aromatic nitrogens is 1. The summed E-state index contributed by atoms with van der Waals surface area (Å²) < 4.78 is 20.4. The highest BCUT2D eigenvalue weighted by atomic mass is 32.1. The molecule has 1 aliphatic heterocycles. The zero-order valence-electron chi connectivity index (χ0n) is 18.0. The van der Waals surface area contributed by atoms with Crippen LogP contribution in [0.1, 0.15) is 24.3 Å². The topological polar surface area (TPSA) is 61.6 Å². The highest BCUT2D eigenvalue weighted by Gasteiger charge is 2.23. The van der Waals surface area contributed by atoms with E-state index in [0.717, 1.165) is 31.5 Å². The Morgan fingerprint density at radius 1 is 1.32 bits per heavy atom. The van der Waals surface area contributed by atoms with Crippen LogP contribution in [-0.2, 0) is 11.2 Å². The van der Waals surface area contributed by atoms with Crippen molar-refractivity contribution < 1.29 is 13.6 Å². The number of hydrogen-bond donors (Lipinski definition) is 1. The summed E-state index contributed by atoms with van der Waals surface area (Å²) in [4.78, 5) is 21.2. The van der Waals surface area contributed by atoms with Gasteiger partial charge in [-0.25, -0.2) is 9.37 Å². The molecule has 0 bridgehead atoms. The number of piperidine rings is 1. The Balaban J connectivity index is 1.38. The summed E-state index contributed by atoms with van der Waals surface area (Å²) >= 11 is 1.56. The number of carbonyl (C=O) groups is 1. The summed E-state index contributed by atoms with van der Waals surface area (Å²) in [5.41, 5.74) is 2.50. The van der Waals surface area contributed by atoms with E-state index in [4.69, 9.17) is 4.42 Å². The largest absolute Gasteiger partial charge is 0.441 e. The van der Waals surface area contributed by atoms with Gasteiger partial charge in [-0.3, -0.25) is 4.79 Å². The van der Waals surface area contributed by atoms with Gasteiger partial charge in [-0.2, -0.15) is 11.3 Å². The molecular weight excluding hydrogens is 415 g/mol.